The maximum absolute atomic E-state index is 12.0. The van der Waals surface area contributed by atoms with Gasteiger partial charge in [0.15, 0.2) is 0 Å². The molecular weight excluding hydrogens is 185 g/mol. The van der Waals surface area contributed by atoms with E-state index in [1.54, 1.807) is 6.92 Å². The zero-order chi connectivity index (χ0) is 10.5. The molecule has 0 aliphatic carbocycles. The van der Waals surface area contributed by atoms with E-state index >= 15 is 0 Å². The molecule has 0 saturated carbocycles. The molecule has 0 aliphatic rings. The van der Waals surface area contributed by atoms with E-state index in [4.69, 9.17) is 6.42 Å². The van der Waals surface area contributed by atoms with Crippen molar-refractivity contribution in [2.45, 2.75) is 31.8 Å². The van der Waals surface area contributed by atoms with Crippen molar-refractivity contribution in [3.8, 4) is 12.3 Å². The first kappa shape index (κ1) is 12.2. The quantitative estimate of drug-likeness (QED) is 0.396. The fraction of sp³-hybridized carbons (Fsp3) is 0.714. The van der Waals surface area contributed by atoms with Crippen LogP contribution in [0.1, 0.15) is 13.3 Å². The van der Waals surface area contributed by atoms with Crippen molar-refractivity contribution in [3.05, 3.63) is 0 Å². The van der Waals surface area contributed by atoms with Crippen molar-refractivity contribution in [2.24, 2.45) is 5.90 Å². The summed E-state index contributed by atoms with van der Waals surface area (Å²) in [5.74, 6) is 6.61. The van der Waals surface area contributed by atoms with Gasteiger partial charge < -0.3 is 0 Å². The first-order valence-corrected chi connectivity index (χ1v) is 3.60. The van der Waals surface area contributed by atoms with Crippen molar-refractivity contribution < 1.29 is 18.0 Å². The Kier molecular flexibility index (Phi) is 4.77. The third-order valence-electron chi connectivity index (χ3n) is 1.40. The van der Waals surface area contributed by atoms with E-state index in [1.165, 1.54) is 0 Å². The Morgan fingerprint density at radius 2 is 2.15 bits per heavy atom. The van der Waals surface area contributed by atoms with Gasteiger partial charge in [0.1, 0.15) is 0 Å². The Morgan fingerprint density at radius 3 is 2.38 bits per heavy atom. The number of alkyl halides is 3. The normalized spacial score (nSPS) is 16.3. The van der Waals surface area contributed by atoms with Gasteiger partial charge in [-0.05, 0) is 6.42 Å². The smallest absolute Gasteiger partial charge is 0.276 e. The van der Waals surface area contributed by atoms with Crippen LogP contribution in [0.4, 0.5) is 13.2 Å². The average Bonchev–Trinajstić information content (AvgIpc) is 2.04. The van der Waals surface area contributed by atoms with Crippen molar-refractivity contribution >= 4 is 0 Å². The van der Waals surface area contributed by atoms with Crippen LogP contribution in [0.2, 0.25) is 0 Å². The molecule has 0 aromatic carbocycles. The Morgan fingerprint density at radius 1 is 1.62 bits per heavy atom. The van der Waals surface area contributed by atoms with Crippen LogP contribution < -0.4 is 11.2 Å². The molecule has 3 N–H and O–H groups in total. The highest BCUT2D eigenvalue weighted by Gasteiger charge is 2.41. The number of nitrogens with one attached hydrogen (secondary N) is 1. The SMILES string of the molecule is C#CC(CC)NC(ON)C(F)(F)F. The molecule has 2 unspecified atom stereocenters. The number of rotatable bonds is 4. The van der Waals surface area contributed by atoms with E-state index < -0.39 is 18.4 Å². The summed E-state index contributed by atoms with van der Waals surface area (Å²) in [4.78, 5) is 3.72. The summed E-state index contributed by atoms with van der Waals surface area (Å²) >= 11 is 0. The highest BCUT2D eigenvalue weighted by Crippen LogP contribution is 2.20. The lowest BCUT2D eigenvalue weighted by molar-refractivity contribution is -0.233. The molecule has 0 amide bonds. The van der Waals surface area contributed by atoms with Crippen molar-refractivity contribution in [1.82, 2.24) is 5.32 Å². The first-order chi connectivity index (χ1) is 5.95. The molecular formula is C7H11F3N2O. The summed E-state index contributed by atoms with van der Waals surface area (Å²) in [5, 5.41) is 2.03. The van der Waals surface area contributed by atoms with Gasteiger partial charge in [0.05, 0.1) is 6.04 Å². The number of halogens is 3. The molecule has 0 fully saturated rings. The van der Waals surface area contributed by atoms with Gasteiger partial charge in [-0.1, -0.05) is 12.8 Å². The minimum Gasteiger partial charge on any atom is -0.276 e. The number of hydrogen-bond acceptors (Lipinski definition) is 3. The topological polar surface area (TPSA) is 47.3 Å². The molecule has 76 valence electrons. The lowest BCUT2D eigenvalue weighted by Crippen LogP contribution is -2.49. The van der Waals surface area contributed by atoms with Gasteiger partial charge in [-0.2, -0.15) is 13.2 Å². The summed E-state index contributed by atoms with van der Waals surface area (Å²) in [6.07, 6.45) is -1.45. The second kappa shape index (κ2) is 5.07. The summed E-state index contributed by atoms with van der Waals surface area (Å²) in [6.45, 7) is 1.65. The maximum Gasteiger partial charge on any atom is 0.430 e. The Balaban J connectivity index is 4.22. The van der Waals surface area contributed by atoms with Crippen LogP contribution in [0, 0.1) is 12.3 Å². The fourth-order valence-electron chi connectivity index (χ4n) is 0.677. The van der Waals surface area contributed by atoms with Crippen LogP contribution in [0.25, 0.3) is 0 Å². The van der Waals surface area contributed by atoms with Crippen LogP contribution in [0.5, 0.6) is 0 Å². The molecule has 0 aromatic heterocycles. The lowest BCUT2D eigenvalue weighted by atomic mass is 10.2. The number of hydrogen-bond donors (Lipinski definition) is 2. The molecule has 0 rings (SSSR count). The number of terminal acetylenes is 1. The van der Waals surface area contributed by atoms with Gasteiger partial charge in [-0.3, -0.25) is 10.2 Å². The van der Waals surface area contributed by atoms with E-state index in [1.807, 2.05) is 5.32 Å². The highest BCUT2D eigenvalue weighted by atomic mass is 19.4. The summed E-state index contributed by atoms with van der Waals surface area (Å²) in [7, 11) is 0. The van der Waals surface area contributed by atoms with E-state index in [0.717, 1.165) is 0 Å². The van der Waals surface area contributed by atoms with Crippen LogP contribution in [-0.4, -0.2) is 18.4 Å². The predicted octanol–water partition coefficient (Wildman–Crippen LogP) is 0.766. The van der Waals surface area contributed by atoms with Gasteiger partial charge in [0.25, 0.3) is 0 Å². The molecule has 6 heteroatoms. The van der Waals surface area contributed by atoms with Crippen molar-refractivity contribution in [2.75, 3.05) is 0 Å². The van der Waals surface area contributed by atoms with Crippen molar-refractivity contribution in [3.63, 3.8) is 0 Å². The van der Waals surface area contributed by atoms with Crippen LogP contribution in [-0.2, 0) is 4.84 Å². The third-order valence-corrected chi connectivity index (χ3v) is 1.40. The van der Waals surface area contributed by atoms with Gasteiger partial charge in [0.2, 0.25) is 6.23 Å². The molecule has 0 aromatic rings. The molecule has 13 heavy (non-hydrogen) atoms. The lowest BCUT2D eigenvalue weighted by Gasteiger charge is -2.21. The van der Waals surface area contributed by atoms with Gasteiger partial charge in [0, 0.05) is 0 Å². The summed E-state index contributed by atoms with van der Waals surface area (Å²) in [5.41, 5.74) is 0. The largest absolute Gasteiger partial charge is 0.430 e. The standard InChI is InChI=1S/C7H11F3N2O/c1-3-5(4-2)12-6(13-11)7(8,9)10/h1,5-6,12H,4,11H2,2H3. The van der Waals surface area contributed by atoms with Crippen molar-refractivity contribution in [1.29, 1.82) is 0 Å². The van der Waals surface area contributed by atoms with Crippen LogP contribution >= 0.6 is 0 Å². The monoisotopic (exact) mass is 196 g/mol. The van der Waals surface area contributed by atoms with E-state index in [9.17, 15) is 13.2 Å². The zero-order valence-electron chi connectivity index (χ0n) is 7.06. The van der Waals surface area contributed by atoms with Gasteiger partial charge in [-0.15, -0.1) is 6.42 Å². The first-order valence-electron chi connectivity index (χ1n) is 3.60. The molecule has 0 saturated heterocycles. The molecule has 3 nitrogen and oxygen atoms in total. The molecule has 0 heterocycles. The molecule has 0 spiro atoms. The van der Waals surface area contributed by atoms with E-state index in [2.05, 4.69) is 16.7 Å². The second-order valence-electron chi connectivity index (χ2n) is 2.35. The summed E-state index contributed by atoms with van der Waals surface area (Å²) < 4.78 is 36.1. The molecule has 0 bridgehead atoms. The minimum absolute atomic E-state index is 0.368. The minimum atomic E-state index is -4.56. The van der Waals surface area contributed by atoms with E-state index in [-0.39, 0.29) is 0 Å². The fourth-order valence-corrected chi connectivity index (χ4v) is 0.677. The van der Waals surface area contributed by atoms with Crippen LogP contribution in [0.3, 0.4) is 0 Å². The maximum atomic E-state index is 12.0. The average molecular weight is 196 g/mol. The molecule has 2 atom stereocenters. The van der Waals surface area contributed by atoms with Gasteiger partial charge >= 0.3 is 6.18 Å². The van der Waals surface area contributed by atoms with E-state index in [0.29, 0.717) is 6.42 Å². The highest BCUT2D eigenvalue weighted by molar-refractivity contribution is 4.98. The molecule has 0 aliphatic heterocycles. The second-order valence-corrected chi connectivity index (χ2v) is 2.35. The molecule has 0 radical (unpaired) electrons. The predicted molar refractivity (Wildman–Crippen MR) is 41.2 cm³/mol. The third kappa shape index (κ3) is 4.12. The Labute approximate surface area is 74.4 Å². The Hall–Kier alpha value is -0.770. The number of nitrogens with two attached hydrogens (primary N) is 1. The van der Waals surface area contributed by atoms with Gasteiger partial charge in [-0.25, -0.2) is 5.90 Å². The summed E-state index contributed by atoms with van der Waals surface area (Å²) in [6, 6.07) is -0.699. The Bertz CT molecular complexity index is 187. The van der Waals surface area contributed by atoms with Crippen LogP contribution in [0.15, 0.2) is 0 Å². The zero-order valence-corrected chi connectivity index (χ0v) is 7.06.